The molecule has 198 valence electrons. The lowest BCUT2D eigenvalue weighted by Gasteiger charge is -2.29. The van der Waals surface area contributed by atoms with E-state index in [1.165, 1.54) is 7.11 Å². The van der Waals surface area contributed by atoms with E-state index in [0.717, 1.165) is 67.1 Å². The maximum absolute atomic E-state index is 13.1. The van der Waals surface area contributed by atoms with E-state index in [4.69, 9.17) is 15.2 Å². The Morgan fingerprint density at radius 2 is 1.79 bits per heavy atom. The predicted octanol–water partition coefficient (Wildman–Crippen LogP) is 3.20. The molecule has 2 fully saturated rings. The van der Waals surface area contributed by atoms with Gasteiger partial charge in [0.1, 0.15) is 4.90 Å². The van der Waals surface area contributed by atoms with Crippen LogP contribution in [0.1, 0.15) is 12.8 Å². The molecule has 11 heteroatoms. The number of nitrogens with zero attached hydrogens (tertiary/aromatic N) is 4. The Hall–Kier alpha value is -3.67. The average Bonchev–Trinajstić information content (AvgIpc) is 3.72. The van der Waals surface area contributed by atoms with Crippen LogP contribution in [0.4, 0.5) is 11.6 Å². The van der Waals surface area contributed by atoms with Gasteiger partial charge in [0, 0.05) is 42.8 Å². The summed E-state index contributed by atoms with van der Waals surface area (Å²) in [6, 6.07) is 15.5. The molecule has 0 unspecified atom stereocenters. The van der Waals surface area contributed by atoms with Crippen molar-refractivity contribution in [1.29, 1.82) is 0 Å². The number of benzene rings is 2. The maximum Gasteiger partial charge on any atom is 0.245 e. The number of ether oxygens (including phenoxy) is 2. The molecule has 1 saturated carbocycles. The zero-order valence-corrected chi connectivity index (χ0v) is 21.9. The van der Waals surface area contributed by atoms with E-state index in [2.05, 4.69) is 31.7 Å². The van der Waals surface area contributed by atoms with Crippen LogP contribution in [-0.4, -0.2) is 62.9 Å². The molecular weight excluding hydrogens is 504 g/mol. The number of pyridine rings is 1. The Morgan fingerprint density at radius 1 is 1.05 bits per heavy atom. The SMILES string of the molecule is COc1ncc(-c2ccc3nc(N)n(-c4ccc(N5CCOCC5)cc4)c3c2)cc1S(=O)(=O)NCC1CC1. The van der Waals surface area contributed by atoms with E-state index in [1.54, 1.807) is 12.3 Å². The predicted molar refractivity (Wildman–Crippen MR) is 146 cm³/mol. The standard InChI is InChI=1S/C27H30N6O4S/c1-36-26-25(38(34,35)30-16-18-2-3-18)15-20(17-29-26)19-4-9-23-24(14-19)33(27(28)31-23)22-7-5-21(6-8-22)32-10-12-37-13-11-32/h4-9,14-15,17-18,30H,2-3,10-13,16H2,1H3,(H2,28,31). The number of nitrogens with one attached hydrogen (secondary N) is 1. The first kappa shape index (κ1) is 24.7. The van der Waals surface area contributed by atoms with Crippen LogP contribution >= 0.6 is 0 Å². The summed E-state index contributed by atoms with van der Waals surface area (Å²) in [7, 11) is -2.36. The van der Waals surface area contributed by atoms with Gasteiger partial charge >= 0.3 is 0 Å². The first-order valence-corrected chi connectivity index (χ1v) is 14.2. The van der Waals surface area contributed by atoms with Crippen molar-refractivity contribution in [3.05, 3.63) is 54.7 Å². The summed E-state index contributed by atoms with van der Waals surface area (Å²) in [6.07, 6.45) is 3.70. The van der Waals surface area contributed by atoms with E-state index in [1.807, 2.05) is 34.9 Å². The molecule has 0 radical (unpaired) electrons. The van der Waals surface area contributed by atoms with Gasteiger partial charge in [0.2, 0.25) is 21.9 Å². The van der Waals surface area contributed by atoms with E-state index in [0.29, 0.717) is 24.0 Å². The number of anilines is 2. The molecule has 1 saturated heterocycles. The summed E-state index contributed by atoms with van der Waals surface area (Å²) < 4.78 is 41.4. The zero-order chi connectivity index (χ0) is 26.3. The number of methoxy groups -OCH3 is 1. The monoisotopic (exact) mass is 534 g/mol. The van der Waals surface area contributed by atoms with Gasteiger partial charge in [-0.05, 0) is 66.8 Å². The lowest BCUT2D eigenvalue weighted by atomic mass is 10.1. The van der Waals surface area contributed by atoms with Crippen LogP contribution in [0.25, 0.3) is 27.8 Å². The van der Waals surface area contributed by atoms with Crippen LogP contribution in [0.3, 0.4) is 0 Å². The highest BCUT2D eigenvalue weighted by Crippen LogP contribution is 2.33. The van der Waals surface area contributed by atoms with Gasteiger partial charge in [0.05, 0.1) is 31.4 Å². The number of hydrogen-bond acceptors (Lipinski definition) is 8. The van der Waals surface area contributed by atoms with Crippen LogP contribution in [0.2, 0.25) is 0 Å². The van der Waals surface area contributed by atoms with Gasteiger partial charge < -0.3 is 20.1 Å². The second kappa shape index (κ2) is 9.90. The van der Waals surface area contributed by atoms with Gasteiger partial charge in [-0.2, -0.15) is 0 Å². The van der Waals surface area contributed by atoms with Crippen LogP contribution in [-0.2, 0) is 14.8 Å². The first-order valence-electron chi connectivity index (χ1n) is 12.7. The zero-order valence-electron chi connectivity index (χ0n) is 21.1. The molecule has 1 aliphatic heterocycles. The lowest BCUT2D eigenvalue weighted by molar-refractivity contribution is 0.122. The molecule has 38 heavy (non-hydrogen) atoms. The summed E-state index contributed by atoms with van der Waals surface area (Å²) in [5.41, 5.74) is 11.4. The highest BCUT2D eigenvalue weighted by molar-refractivity contribution is 7.89. The molecule has 2 aromatic heterocycles. The Kier molecular flexibility index (Phi) is 6.42. The minimum Gasteiger partial charge on any atom is -0.480 e. The summed E-state index contributed by atoms with van der Waals surface area (Å²) in [5, 5.41) is 0. The summed E-state index contributed by atoms with van der Waals surface area (Å²) in [6.45, 7) is 3.60. The number of morpholine rings is 1. The molecule has 6 rings (SSSR count). The first-order chi connectivity index (χ1) is 18.4. The fourth-order valence-corrected chi connectivity index (χ4v) is 6.00. The normalized spacial score (nSPS) is 16.2. The molecule has 3 N–H and O–H groups in total. The number of aromatic nitrogens is 3. The van der Waals surface area contributed by atoms with Gasteiger partial charge in [0.25, 0.3) is 0 Å². The van der Waals surface area contributed by atoms with Gasteiger partial charge in [0.15, 0.2) is 0 Å². The van der Waals surface area contributed by atoms with Crippen molar-refractivity contribution in [1.82, 2.24) is 19.3 Å². The third kappa shape index (κ3) is 4.80. The van der Waals surface area contributed by atoms with Gasteiger partial charge in [-0.3, -0.25) is 4.57 Å². The highest BCUT2D eigenvalue weighted by Gasteiger charge is 2.27. The minimum absolute atomic E-state index is 0.0185. The van der Waals surface area contributed by atoms with E-state index in [9.17, 15) is 8.42 Å². The van der Waals surface area contributed by atoms with Crippen LogP contribution < -0.4 is 20.1 Å². The van der Waals surface area contributed by atoms with Crippen molar-refractivity contribution in [2.45, 2.75) is 17.7 Å². The third-order valence-electron chi connectivity index (χ3n) is 7.06. The summed E-state index contributed by atoms with van der Waals surface area (Å²) in [4.78, 5) is 11.2. The molecule has 2 aromatic carbocycles. The second-order valence-electron chi connectivity index (χ2n) is 9.65. The topological polar surface area (TPSA) is 125 Å². The number of nitrogen functional groups attached to an aromatic ring is 1. The highest BCUT2D eigenvalue weighted by atomic mass is 32.2. The molecule has 0 amide bonds. The molecule has 2 aliphatic rings. The van der Waals surface area contributed by atoms with Crippen LogP contribution in [0, 0.1) is 5.92 Å². The van der Waals surface area contributed by atoms with Crippen molar-refractivity contribution in [2.24, 2.45) is 5.92 Å². The Labute approximate surface area is 221 Å². The molecule has 3 heterocycles. The molecule has 4 aromatic rings. The Bertz CT molecular complexity index is 1580. The van der Waals surface area contributed by atoms with Crippen molar-refractivity contribution in [3.8, 4) is 22.7 Å². The van der Waals surface area contributed by atoms with Gasteiger partial charge in [-0.1, -0.05) is 6.07 Å². The molecule has 1 aliphatic carbocycles. The Balaban J connectivity index is 1.36. The molecule has 0 bridgehead atoms. The largest absolute Gasteiger partial charge is 0.480 e. The van der Waals surface area contributed by atoms with Gasteiger partial charge in [-0.15, -0.1) is 0 Å². The third-order valence-corrected chi connectivity index (χ3v) is 8.48. The van der Waals surface area contributed by atoms with Gasteiger partial charge in [-0.25, -0.2) is 23.1 Å². The van der Waals surface area contributed by atoms with Crippen molar-refractivity contribution in [3.63, 3.8) is 0 Å². The van der Waals surface area contributed by atoms with Crippen molar-refractivity contribution < 1.29 is 17.9 Å². The summed E-state index contributed by atoms with van der Waals surface area (Å²) in [5.74, 6) is 0.840. The van der Waals surface area contributed by atoms with Crippen LogP contribution in [0.5, 0.6) is 5.88 Å². The number of fused-ring (bicyclic) bond motifs is 1. The molecule has 0 spiro atoms. The average molecular weight is 535 g/mol. The second-order valence-corrected chi connectivity index (χ2v) is 11.4. The molecule has 0 atom stereocenters. The van der Waals surface area contributed by atoms with E-state index >= 15 is 0 Å². The smallest absolute Gasteiger partial charge is 0.245 e. The molecular formula is C27H30N6O4S. The van der Waals surface area contributed by atoms with Crippen molar-refractivity contribution >= 4 is 32.7 Å². The number of sulfonamides is 1. The number of hydrogen-bond donors (Lipinski definition) is 2. The number of imidazole rings is 1. The summed E-state index contributed by atoms with van der Waals surface area (Å²) >= 11 is 0. The minimum atomic E-state index is -3.78. The Morgan fingerprint density at radius 3 is 2.50 bits per heavy atom. The quantitative estimate of drug-likeness (QED) is 0.353. The number of nitrogens with two attached hydrogens (primary N) is 1. The van der Waals surface area contributed by atoms with Crippen LogP contribution in [0.15, 0.2) is 59.6 Å². The maximum atomic E-state index is 13.1. The van der Waals surface area contributed by atoms with Crippen molar-refractivity contribution in [2.75, 3.05) is 50.6 Å². The lowest BCUT2D eigenvalue weighted by Crippen LogP contribution is -2.36. The molecule has 10 nitrogen and oxygen atoms in total. The fraction of sp³-hybridized carbons (Fsp3) is 0.333. The fourth-order valence-electron chi connectivity index (χ4n) is 4.74. The van der Waals surface area contributed by atoms with E-state index in [-0.39, 0.29) is 10.8 Å². The number of rotatable bonds is 8. The van der Waals surface area contributed by atoms with E-state index < -0.39 is 10.0 Å².